The number of nitrogens with zero attached hydrogens (tertiary/aromatic N) is 2. The van der Waals surface area contributed by atoms with E-state index in [9.17, 15) is 9.59 Å². The Morgan fingerprint density at radius 1 is 1.03 bits per heavy atom. The summed E-state index contributed by atoms with van der Waals surface area (Å²) in [7, 11) is 5.11. The maximum Gasteiger partial charge on any atom is 0.253 e. The van der Waals surface area contributed by atoms with E-state index < -0.39 is 0 Å². The van der Waals surface area contributed by atoms with E-state index in [0.29, 0.717) is 17.8 Å². The van der Waals surface area contributed by atoms with Gasteiger partial charge in [0.1, 0.15) is 5.75 Å². The van der Waals surface area contributed by atoms with Crippen LogP contribution in [-0.2, 0) is 4.79 Å². The molecule has 0 unspecified atom stereocenters. The van der Waals surface area contributed by atoms with Crippen LogP contribution in [0.15, 0.2) is 48.5 Å². The minimum atomic E-state index is -0.0558. The molecule has 30 heavy (non-hydrogen) atoms. The number of anilines is 1. The molecule has 1 atom stereocenters. The average molecular weight is 410 g/mol. The van der Waals surface area contributed by atoms with Crippen molar-refractivity contribution in [2.45, 2.75) is 31.7 Å². The Balaban J connectivity index is 1.66. The second kappa shape index (κ2) is 10.3. The van der Waals surface area contributed by atoms with E-state index in [0.717, 1.165) is 31.6 Å². The van der Waals surface area contributed by atoms with Crippen LogP contribution in [-0.4, -0.2) is 55.9 Å². The summed E-state index contributed by atoms with van der Waals surface area (Å²) in [4.78, 5) is 28.6. The van der Waals surface area contributed by atoms with Crippen LogP contribution in [0.4, 0.5) is 5.69 Å². The molecule has 0 aromatic heterocycles. The van der Waals surface area contributed by atoms with Crippen molar-refractivity contribution in [3.63, 3.8) is 0 Å². The van der Waals surface area contributed by atoms with Gasteiger partial charge in [0.2, 0.25) is 5.91 Å². The SMILES string of the molecule is COc1ccc([C@@H]2CCCCCN2CC(=O)Nc2ccc(C(=O)N(C)C)cc2)cc1. The molecule has 6 nitrogen and oxygen atoms in total. The van der Waals surface area contributed by atoms with Crippen LogP contribution in [0.25, 0.3) is 0 Å². The second-order valence-electron chi connectivity index (χ2n) is 7.93. The molecule has 0 saturated carbocycles. The lowest BCUT2D eigenvalue weighted by atomic mass is 10.0. The summed E-state index contributed by atoms with van der Waals surface area (Å²) in [5.74, 6) is 0.745. The molecule has 6 heteroatoms. The number of amides is 2. The molecule has 1 N–H and O–H groups in total. The predicted molar refractivity (Wildman–Crippen MR) is 119 cm³/mol. The molecule has 1 aliphatic heterocycles. The van der Waals surface area contributed by atoms with Gasteiger partial charge < -0.3 is 15.0 Å². The molecule has 2 amide bonds. The lowest BCUT2D eigenvalue weighted by molar-refractivity contribution is -0.117. The quantitative estimate of drug-likeness (QED) is 0.785. The van der Waals surface area contributed by atoms with Crippen molar-refractivity contribution in [1.29, 1.82) is 0 Å². The standard InChI is InChI=1S/C24H31N3O3/c1-26(2)24(29)19-8-12-20(13-9-19)25-23(28)17-27-16-6-4-5-7-22(27)18-10-14-21(30-3)15-11-18/h8-15,22H,4-7,16-17H2,1-3H3,(H,25,28)/t22-/m0/s1. The number of likely N-dealkylation sites (tertiary alicyclic amines) is 1. The van der Waals surface area contributed by atoms with Gasteiger partial charge in [0.05, 0.1) is 13.7 Å². The lowest BCUT2D eigenvalue weighted by Crippen LogP contribution is -2.36. The molecule has 160 valence electrons. The molecule has 0 radical (unpaired) electrons. The number of carbonyl (C=O) groups excluding carboxylic acids is 2. The molecule has 1 heterocycles. The van der Waals surface area contributed by atoms with Crippen molar-refractivity contribution < 1.29 is 14.3 Å². The Hall–Kier alpha value is -2.86. The molecule has 0 spiro atoms. The fourth-order valence-electron chi connectivity index (χ4n) is 3.90. The number of carbonyl (C=O) groups is 2. The Bertz CT molecular complexity index is 847. The van der Waals surface area contributed by atoms with Crippen molar-refractivity contribution >= 4 is 17.5 Å². The van der Waals surface area contributed by atoms with Gasteiger partial charge in [0, 0.05) is 31.4 Å². The Kier molecular flexibility index (Phi) is 7.46. The first kappa shape index (κ1) is 21.8. The van der Waals surface area contributed by atoms with Gasteiger partial charge in [-0.2, -0.15) is 0 Å². The smallest absolute Gasteiger partial charge is 0.253 e. The zero-order chi connectivity index (χ0) is 21.5. The molecular formula is C24H31N3O3. The van der Waals surface area contributed by atoms with Crippen LogP contribution in [0.5, 0.6) is 5.75 Å². The van der Waals surface area contributed by atoms with Crippen LogP contribution in [0.3, 0.4) is 0 Å². The fourth-order valence-corrected chi connectivity index (χ4v) is 3.90. The summed E-state index contributed by atoms with van der Waals surface area (Å²) in [5.41, 5.74) is 2.52. The Morgan fingerprint density at radius 3 is 2.37 bits per heavy atom. The van der Waals surface area contributed by atoms with Gasteiger partial charge in [-0.05, 0) is 61.3 Å². The van der Waals surface area contributed by atoms with Gasteiger partial charge >= 0.3 is 0 Å². The third-order valence-electron chi connectivity index (χ3n) is 5.53. The number of benzene rings is 2. The summed E-state index contributed by atoms with van der Waals surface area (Å²) >= 11 is 0. The summed E-state index contributed by atoms with van der Waals surface area (Å²) < 4.78 is 5.27. The molecular weight excluding hydrogens is 378 g/mol. The van der Waals surface area contributed by atoms with Gasteiger partial charge in [-0.3, -0.25) is 14.5 Å². The predicted octanol–water partition coefficient (Wildman–Crippen LogP) is 3.95. The second-order valence-corrected chi connectivity index (χ2v) is 7.93. The minimum Gasteiger partial charge on any atom is -0.497 e. The van der Waals surface area contributed by atoms with E-state index >= 15 is 0 Å². The number of methoxy groups -OCH3 is 1. The van der Waals surface area contributed by atoms with Gasteiger partial charge in [-0.25, -0.2) is 0 Å². The molecule has 3 rings (SSSR count). The lowest BCUT2D eigenvalue weighted by Gasteiger charge is -2.29. The van der Waals surface area contributed by atoms with E-state index in [-0.39, 0.29) is 17.9 Å². The van der Waals surface area contributed by atoms with Gasteiger partial charge in [0.15, 0.2) is 0 Å². The summed E-state index contributed by atoms with van der Waals surface area (Å²) in [6.45, 7) is 1.25. The van der Waals surface area contributed by atoms with Crippen molar-refractivity contribution in [2.75, 3.05) is 39.6 Å². The highest BCUT2D eigenvalue weighted by Gasteiger charge is 2.24. The van der Waals surface area contributed by atoms with Crippen LogP contribution in [0.2, 0.25) is 0 Å². The summed E-state index contributed by atoms with van der Waals surface area (Å²) in [5, 5.41) is 2.97. The van der Waals surface area contributed by atoms with Crippen molar-refractivity contribution in [3.8, 4) is 5.75 Å². The van der Waals surface area contributed by atoms with Gasteiger partial charge in [-0.15, -0.1) is 0 Å². The van der Waals surface area contributed by atoms with E-state index in [1.807, 2.05) is 12.1 Å². The minimum absolute atomic E-state index is 0.0397. The number of rotatable bonds is 6. The fraction of sp³-hybridized carbons (Fsp3) is 0.417. The van der Waals surface area contributed by atoms with Crippen LogP contribution < -0.4 is 10.1 Å². The Morgan fingerprint density at radius 2 is 1.73 bits per heavy atom. The van der Waals surface area contributed by atoms with Crippen LogP contribution >= 0.6 is 0 Å². The summed E-state index contributed by atoms with van der Waals surface area (Å²) in [6.07, 6.45) is 4.49. The normalized spacial score (nSPS) is 17.1. The molecule has 2 aromatic carbocycles. The molecule has 1 fully saturated rings. The number of hydrogen-bond donors (Lipinski definition) is 1. The molecule has 0 aliphatic carbocycles. The topological polar surface area (TPSA) is 61.9 Å². The van der Waals surface area contributed by atoms with Gasteiger partial charge in [-0.1, -0.05) is 25.0 Å². The first-order valence-corrected chi connectivity index (χ1v) is 10.5. The molecule has 2 aromatic rings. The molecule has 1 saturated heterocycles. The molecule has 1 aliphatic rings. The molecule has 0 bridgehead atoms. The highest BCUT2D eigenvalue weighted by molar-refractivity contribution is 5.96. The largest absolute Gasteiger partial charge is 0.497 e. The first-order valence-electron chi connectivity index (χ1n) is 10.5. The average Bonchev–Trinajstić information content (AvgIpc) is 2.99. The maximum atomic E-state index is 12.7. The number of ether oxygens (including phenoxy) is 1. The number of nitrogens with one attached hydrogen (secondary N) is 1. The van der Waals surface area contributed by atoms with E-state index in [1.54, 1.807) is 45.5 Å². The van der Waals surface area contributed by atoms with Crippen LogP contribution in [0, 0.1) is 0 Å². The van der Waals surface area contributed by atoms with E-state index in [4.69, 9.17) is 4.74 Å². The summed E-state index contributed by atoms with van der Waals surface area (Å²) in [6, 6.07) is 15.4. The van der Waals surface area contributed by atoms with Crippen LogP contribution in [0.1, 0.15) is 47.6 Å². The zero-order valence-corrected chi connectivity index (χ0v) is 18.1. The highest BCUT2D eigenvalue weighted by atomic mass is 16.5. The number of hydrogen-bond acceptors (Lipinski definition) is 4. The third-order valence-corrected chi connectivity index (χ3v) is 5.53. The highest BCUT2D eigenvalue weighted by Crippen LogP contribution is 2.31. The first-order chi connectivity index (χ1) is 14.5. The van der Waals surface area contributed by atoms with E-state index in [2.05, 4.69) is 22.3 Å². The monoisotopic (exact) mass is 409 g/mol. The third kappa shape index (κ3) is 5.60. The van der Waals surface area contributed by atoms with Gasteiger partial charge in [0.25, 0.3) is 5.91 Å². The van der Waals surface area contributed by atoms with E-state index in [1.165, 1.54) is 16.9 Å². The van der Waals surface area contributed by atoms with Crippen molar-refractivity contribution in [3.05, 3.63) is 59.7 Å². The van der Waals surface area contributed by atoms with Crippen molar-refractivity contribution in [1.82, 2.24) is 9.80 Å². The van der Waals surface area contributed by atoms with Crippen molar-refractivity contribution in [2.24, 2.45) is 0 Å². The zero-order valence-electron chi connectivity index (χ0n) is 18.1. The maximum absolute atomic E-state index is 12.7. The Labute approximate surface area is 178 Å².